The van der Waals surface area contributed by atoms with Crippen LogP contribution in [-0.4, -0.2) is 10.4 Å². The molecule has 0 aliphatic carbocycles. The molecular weight excluding hydrogens is 305 g/mol. The van der Waals surface area contributed by atoms with Gasteiger partial charge in [0.1, 0.15) is 5.84 Å². The van der Waals surface area contributed by atoms with Crippen molar-refractivity contribution in [1.29, 1.82) is 5.41 Å². The van der Waals surface area contributed by atoms with E-state index in [0.29, 0.717) is 16.6 Å². The largest absolute Gasteiger partial charge is 0.384 e. The first-order valence-corrected chi connectivity index (χ1v) is 7.17. The van der Waals surface area contributed by atoms with Crippen molar-refractivity contribution in [1.82, 2.24) is 4.57 Å². The van der Waals surface area contributed by atoms with E-state index in [0.717, 1.165) is 22.0 Å². The average Bonchev–Trinajstić information content (AvgIpc) is 2.84. The van der Waals surface area contributed by atoms with Crippen molar-refractivity contribution in [2.45, 2.75) is 6.54 Å². The minimum Gasteiger partial charge on any atom is -0.384 e. The van der Waals surface area contributed by atoms with E-state index in [4.69, 9.17) is 34.3 Å². The van der Waals surface area contributed by atoms with Crippen LogP contribution < -0.4 is 5.73 Å². The molecule has 0 atom stereocenters. The Labute approximate surface area is 132 Å². The molecule has 0 bridgehead atoms. The Hall–Kier alpha value is -1.97. The number of benzene rings is 2. The molecule has 21 heavy (non-hydrogen) atoms. The van der Waals surface area contributed by atoms with Crippen molar-refractivity contribution in [3.05, 3.63) is 69.8 Å². The molecule has 0 radical (unpaired) electrons. The first-order chi connectivity index (χ1) is 10.0. The fourth-order valence-corrected chi connectivity index (χ4v) is 2.81. The number of hydrogen-bond acceptors (Lipinski definition) is 1. The highest BCUT2D eigenvalue weighted by molar-refractivity contribution is 6.35. The van der Waals surface area contributed by atoms with E-state index < -0.39 is 0 Å². The van der Waals surface area contributed by atoms with Gasteiger partial charge in [0.15, 0.2) is 0 Å². The lowest BCUT2D eigenvalue weighted by Gasteiger charge is -2.08. The summed E-state index contributed by atoms with van der Waals surface area (Å²) in [6, 6.07) is 13.3. The van der Waals surface area contributed by atoms with Crippen molar-refractivity contribution < 1.29 is 0 Å². The third kappa shape index (κ3) is 2.75. The van der Waals surface area contributed by atoms with Crippen LogP contribution in [0.2, 0.25) is 10.0 Å². The molecule has 0 unspecified atom stereocenters. The van der Waals surface area contributed by atoms with E-state index >= 15 is 0 Å². The molecule has 1 heterocycles. The number of amidine groups is 1. The lowest BCUT2D eigenvalue weighted by atomic mass is 10.1. The molecule has 3 N–H and O–H groups in total. The van der Waals surface area contributed by atoms with E-state index in [-0.39, 0.29) is 5.84 Å². The maximum absolute atomic E-state index is 7.49. The zero-order chi connectivity index (χ0) is 15.0. The number of nitrogens with one attached hydrogen (secondary N) is 1. The molecule has 0 saturated heterocycles. The summed E-state index contributed by atoms with van der Waals surface area (Å²) in [6.45, 7) is 0.666. The second-order valence-electron chi connectivity index (χ2n) is 4.87. The number of hydrogen-bond donors (Lipinski definition) is 2. The van der Waals surface area contributed by atoms with Gasteiger partial charge >= 0.3 is 0 Å². The average molecular weight is 318 g/mol. The molecule has 0 aliphatic heterocycles. The van der Waals surface area contributed by atoms with Crippen LogP contribution in [0.5, 0.6) is 0 Å². The van der Waals surface area contributed by atoms with Crippen molar-refractivity contribution >= 4 is 39.9 Å². The van der Waals surface area contributed by atoms with Gasteiger partial charge < -0.3 is 10.3 Å². The highest BCUT2D eigenvalue weighted by Gasteiger charge is 2.07. The molecule has 0 aliphatic rings. The van der Waals surface area contributed by atoms with Gasteiger partial charge in [0, 0.05) is 39.3 Å². The number of nitrogens with two attached hydrogens (primary N) is 1. The van der Waals surface area contributed by atoms with Gasteiger partial charge in [-0.1, -0.05) is 29.3 Å². The summed E-state index contributed by atoms with van der Waals surface area (Å²) in [5.41, 5.74) is 8.33. The predicted molar refractivity (Wildman–Crippen MR) is 88.5 cm³/mol. The SMILES string of the molecule is N=C(N)c1ccc2c(ccn2Cc2ccc(Cl)cc2Cl)c1. The zero-order valence-corrected chi connectivity index (χ0v) is 12.6. The van der Waals surface area contributed by atoms with Gasteiger partial charge in [-0.3, -0.25) is 5.41 Å². The van der Waals surface area contributed by atoms with Gasteiger partial charge in [0.25, 0.3) is 0 Å². The van der Waals surface area contributed by atoms with Gasteiger partial charge in [-0.2, -0.15) is 0 Å². The molecular formula is C16H13Cl2N3. The highest BCUT2D eigenvalue weighted by Crippen LogP contribution is 2.24. The molecule has 1 aromatic heterocycles. The fourth-order valence-electron chi connectivity index (χ4n) is 2.34. The molecule has 3 nitrogen and oxygen atoms in total. The molecule has 5 heteroatoms. The number of halogens is 2. The first kappa shape index (κ1) is 14.0. The van der Waals surface area contributed by atoms with Crippen LogP contribution in [0.1, 0.15) is 11.1 Å². The summed E-state index contributed by atoms with van der Waals surface area (Å²) in [7, 11) is 0. The van der Waals surface area contributed by atoms with E-state index in [9.17, 15) is 0 Å². The maximum atomic E-state index is 7.49. The molecule has 0 fully saturated rings. The molecule has 0 amide bonds. The number of fused-ring (bicyclic) bond motifs is 1. The second-order valence-corrected chi connectivity index (χ2v) is 5.71. The Bertz CT molecular complexity index is 837. The van der Waals surface area contributed by atoms with Crippen LogP contribution in [0.25, 0.3) is 10.9 Å². The Balaban J connectivity index is 1.99. The lowest BCUT2D eigenvalue weighted by Crippen LogP contribution is -2.10. The van der Waals surface area contributed by atoms with Gasteiger partial charge in [-0.25, -0.2) is 0 Å². The van der Waals surface area contributed by atoms with Gasteiger partial charge in [0.05, 0.1) is 0 Å². The summed E-state index contributed by atoms with van der Waals surface area (Å²) in [5.74, 6) is 0.0744. The van der Waals surface area contributed by atoms with E-state index in [1.165, 1.54) is 0 Å². The molecule has 106 valence electrons. The van der Waals surface area contributed by atoms with E-state index in [1.807, 2.05) is 42.6 Å². The van der Waals surface area contributed by atoms with Crippen molar-refractivity contribution in [3.63, 3.8) is 0 Å². The van der Waals surface area contributed by atoms with Crippen molar-refractivity contribution in [3.8, 4) is 0 Å². The Morgan fingerprint density at radius 1 is 1.10 bits per heavy atom. The van der Waals surface area contributed by atoms with Gasteiger partial charge in [0.2, 0.25) is 0 Å². The Kier molecular flexibility index (Phi) is 3.62. The molecule has 3 aromatic rings. The van der Waals surface area contributed by atoms with Crippen LogP contribution >= 0.6 is 23.2 Å². The van der Waals surface area contributed by atoms with Crippen LogP contribution in [0.3, 0.4) is 0 Å². The smallest absolute Gasteiger partial charge is 0.122 e. The summed E-state index contributed by atoms with van der Waals surface area (Å²) >= 11 is 12.1. The van der Waals surface area contributed by atoms with Crippen LogP contribution in [-0.2, 0) is 6.54 Å². The van der Waals surface area contributed by atoms with Crippen LogP contribution in [0, 0.1) is 5.41 Å². The minimum atomic E-state index is 0.0744. The predicted octanol–water partition coefficient (Wildman–Crippen LogP) is 4.28. The summed E-state index contributed by atoms with van der Waals surface area (Å²) in [4.78, 5) is 0. The second kappa shape index (κ2) is 5.43. The number of rotatable bonds is 3. The molecule has 2 aromatic carbocycles. The summed E-state index contributed by atoms with van der Waals surface area (Å²) in [6.07, 6.45) is 2.00. The van der Waals surface area contributed by atoms with Crippen LogP contribution in [0.4, 0.5) is 0 Å². The number of nitrogen functional groups attached to an aromatic ring is 1. The third-order valence-electron chi connectivity index (χ3n) is 3.44. The van der Waals surface area contributed by atoms with Crippen LogP contribution in [0.15, 0.2) is 48.7 Å². The quantitative estimate of drug-likeness (QED) is 0.549. The molecule has 3 rings (SSSR count). The highest BCUT2D eigenvalue weighted by atomic mass is 35.5. The van der Waals surface area contributed by atoms with E-state index in [1.54, 1.807) is 6.07 Å². The summed E-state index contributed by atoms with van der Waals surface area (Å²) < 4.78 is 2.11. The zero-order valence-electron chi connectivity index (χ0n) is 11.1. The summed E-state index contributed by atoms with van der Waals surface area (Å²) in [5, 5.41) is 9.82. The minimum absolute atomic E-state index is 0.0744. The first-order valence-electron chi connectivity index (χ1n) is 6.42. The number of nitrogens with zero attached hydrogens (tertiary/aromatic N) is 1. The Morgan fingerprint density at radius 3 is 2.62 bits per heavy atom. The van der Waals surface area contributed by atoms with Crippen molar-refractivity contribution in [2.24, 2.45) is 5.73 Å². The molecule has 0 saturated carbocycles. The standard InChI is InChI=1S/C16H13Cl2N3/c17-13-3-1-12(14(18)8-13)9-21-6-5-10-7-11(16(19)20)2-4-15(10)21/h1-8H,9H2,(H3,19,20). The lowest BCUT2D eigenvalue weighted by molar-refractivity contribution is 0.837. The van der Waals surface area contributed by atoms with Gasteiger partial charge in [-0.15, -0.1) is 0 Å². The van der Waals surface area contributed by atoms with E-state index in [2.05, 4.69) is 4.57 Å². The maximum Gasteiger partial charge on any atom is 0.122 e. The normalized spacial score (nSPS) is 11.0. The fraction of sp³-hybridized carbons (Fsp3) is 0.0625. The topological polar surface area (TPSA) is 54.8 Å². The molecule has 0 spiro atoms. The monoisotopic (exact) mass is 317 g/mol. The van der Waals surface area contributed by atoms with Gasteiger partial charge in [-0.05, 0) is 42.0 Å². The third-order valence-corrected chi connectivity index (χ3v) is 4.02. The van der Waals surface area contributed by atoms with Crippen molar-refractivity contribution in [2.75, 3.05) is 0 Å². The Morgan fingerprint density at radius 2 is 1.90 bits per heavy atom. The number of aromatic nitrogens is 1.